The predicted octanol–water partition coefficient (Wildman–Crippen LogP) is 3.77. The van der Waals surface area contributed by atoms with Crippen molar-refractivity contribution in [1.29, 1.82) is 0 Å². The number of carbonyl (C=O) groups is 2. The first-order valence-corrected chi connectivity index (χ1v) is 12.1. The summed E-state index contributed by atoms with van der Waals surface area (Å²) in [7, 11) is 0. The summed E-state index contributed by atoms with van der Waals surface area (Å²) in [5.41, 5.74) is 9.35. The van der Waals surface area contributed by atoms with E-state index >= 15 is 0 Å². The molecule has 9 nitrogen and oxygen atoms in total. The van der Waals surface area contributed by atoms with Gasteiger partial charge in [-0.1, -0.05) is 30.8 Å². The van der Waals surface area contributed by atoms with Gasteiger partial charge in [0.05, 0.1) is 23.2 Å². The van der Waals surface area contributed by atoms with E-state index in [4.69, 9.17) is 10.8 Å². The number of pyridine rings is 1. The SMILES string of the molecule is C=CC(=O)N1CCC[C@@H](n2nc(-c3ccc(CCC(=O)c4ccncc4F)cc3)c3c(N)ncnc32)C1. The van der Waals surface area contributed by atoms with E-state index in [-0.39, 0.29) is 29.7 Å². The number of carbonyl (C=O) groups excluding carboxylic acids is 2. The number of ketones is 1. The number of piperidine rings is 1. The molecule has 3 aromatic heterocycles. The molecular weight excluding hydrogens is 473 g/mol. The van der Waals surface area contributed by atoms with Crippen LogP contribution < -0.4 is 5.73 Å². The quantitative estimate of drug-likeness (QED) is 0.304. The van der Waals surface area contributed by atoms with Crippen LogP contribution in [0, 0.1) is 5.82 Å². The van der Waals surface area contributed by atoms with Gasteiger partial charge in [0.1, 0.15) is 17.8 Å². The summed E-state index contributed by atoms with van der Waals surface area (Å²) in [6.45, 7) is 4.79. The summed E-state index contributed by atoms with van der Waals surface area (Å²) in [4.78, 5) is 38.7. The fraction of sp³-hybridized carbons (Fsp3) is 0.259. The van der Waals surface area contributed by atoms with Gasteiger partial charge in [-0.05, 0) is 37.0 Å². The van der Waals surface area contributed by atoms with Crippen LogP contribution in [0.3, 0.4) is 0 Å². The van der Waals surface area contributed by atoms with E-state index < -0.39 is 5.82 Å². The molecule has 10 heteroatoms. The minimum absolute atomic E-state index is 0.0511. The minimum Gasteiger partial charge on any atom is -0.383 e. The van der Waals surface area contributed by atoms with E-state index in [0.29, 0.717) is 42.1 Å². The van der Waals surface area contributed by atoms with Crippen molar-refractivity contribution in [3.63, 3.8) is 0 Å². The smallest absolute Gasteiger partial charge is 0.246 e. The van der Waals surface area contributed by atoms with E-state index in [1.54, 1.807) is 4.90 Å². The first-order chi connectivity index (χ1) is 18.0. The number of amides is 1. The first-order valence-electron chi connectivity index (χ1n) is 12.1. The summed E-state index contributed by atoms with van der Waals surface area (Å²) in [6, 6.07) is 9.01. The third-order valence-electron chi connectivity index (χ3n) is 6.69. The van der Waals surface area contributed by atoms with Crippen molar-refractivity contribution >= 4 is 28.5 Å². The molecule has 1 aromatic carbocycles. The van der Waals surface area contributed by atoms with Crippen LogP contribution in [-0.2, 0) is 11.2 Å². The third kappa shape index (κ3) is 4.82. The number of anilines is 1. The lowest BCUT2D eigenvalue weighted by Gasteiger charge is -2.32. The van der Waals surface area contributed by atoms with Crippen LogP contribution in [0.15, 0.2) is 61.7 Å². The summed E-state index contributed by atoms with van der Waals surface area (Å²) in [6.07, 6.45) is 7.55. The Balaban J connectivity index is 1.40. The molecule has 1 fully saturated rings. The highest BCUT2D eigenvalue weighted by molar-refractivity contribution is 5.98. The number of fused-ring (bicyclic) bond motifs is 1. The normalized spacial score (nSPS) is 15.6. The Hall–Kier alpha value is -4.47. The molecule has 2 N–H and O–H groups in total. The van der Waals surface area contributed by atoms with Gasteiger partial charge in [0.2, 0.25) is 5.91 Å². The third-order valence-corrected chi connectivity index (χ3v) is 6.69. The number of likely N-dealkylation sites (tertiary alicyclic amines) is 1. The number of nitrogen functional groups attached to an aromatic ring is 1. The van der Waals surface area contributed by atoms with Crippen molar-refractivity contribution < 1.29 is 14.0 Å². The Morgan fingerprint density at radius 3 is 2.76 bits per heavy atom. The fourth-order valence-electron chi connectivity index (χ4n) is 4.76. The second-order valence-corrected chi connectivity index (χ2v) is 9.01. The number of aromatic nitrogens is 5. The van der Waals surface area contributed by atoms with Crippen molar-refractivity contribution in [2.24, 2.45) is 0 Å². The van der Waals surface area contributed by atoms with E-state index in [9.17, 15) is 14.0 Å². The fourth-order valence-corrected chi connectivity index (χ4v) is 4.76. The van der Waals surface area contributed by atoms with Crippen molar-refractivity contribution in [1.82, 2.24) is 29.6 Å². The zero-order chi connectivity index (χ0) is 25.9. The summed E-state index contributed by atoms with van der Waals surface area (Å²) < 4.78 is 15.7. The van der Waals surface area contributed by atoms with E-state index in [0.717, 1.165) is 30.2 Å². The largest absolute Gasteiger partial charge is 0.383 e. The van der Waals surface area contributed by atoms with Crippen molar-refractivity contribution in [2.45, 2.75) is 31.7 Å². The van der Waals surface area contributed by atoms with Crippen LogP contribution >= 0.6 is 0 Å². The van der Waals surface area contributed by atoms with Gasteiger partial charge in [-0.25, -0.2) is 19.0 Å². The molecule has 0 saturated carbocycles. The van der Waals surface area contributed by atoms with Gasteiger partial charge >= 0.3 is 0 Å². The highest BCUT2D eigenvalue weighted by Crippen LogP contribution is 2.34. The van der Waals surface area contributed by atoms with Crippen LogP contribution in [0.5, 0.6) is 0 Å². The topological polar surface area (TPSA) is 120 Å². The van der Waals surface area contributed by atoms with E-state index in [1.165, 1.54) is 24.7 Å². The maximum atomic E-state index is 13.8. The van der Waals surface area contributed by atoms with E-state index in [1.807, 2.05) is 28.9 Å². The van der Waals surface area contributed by atoms with Gasteiger partial charge in [0, 0.05) is 31.3 Å². The van der Waals surface area contributed by atoms with Crippen LogP contribution in [0.25, 0.3) is 22.3 Å². The zero-order valence-electron chi connectivity index (χ0n) is 20.2. The highest BCUT2D eigenvalue weighted by atomic mass is 19.1. The monoisotopic (exact) mass is 499 g/mol. The summed E-state index contributed by atoms with van der Waals surface area (Å²) in [5.74, 6) is -0.651. The van der Waals surface area contributed by atoms with Crippen LogP contribution in [-0.4, -0.2) is 54.4 Å². The number of hydrogen-bond acceptors (Lipinski definition) is 7. The Morgan fingerprint density at radius 1 is 1.19 bits per heavy atom. The molecule has 1 aliphatic rings. The Morgan fingerprint density at radius 2 is 2.00 bits per heavy atom. The Labute approximate surface area is 212 Å². The number of nitrogens with two attached hydrogens (primary N) is 1. The maximum Gasteiger partial charge on any atom is 0.246 e. The van der Waals surface area contributed by atoms with Gasteiger partial charge in [-0.15, -0.1) is 0 Å². The molecule has 37 heavy (non-hydrogen) atoms. The van der Waals surface area contributed by atoms with Crippen molar-refractivity contribution in [3.05, 3.63) is 78.7 Å². The number of benzene rings is 1. The molecule has 188 valence electrons. The number of hydrogen-bond donors (Lipinski definition) is 1. The first kappa shape index (κ1) is 24.2. The van der Waals surface area contributed by atoms with Crippen LogP contribution in [0.4, 0.5) is 10.2 Å². The second kappa shape index (κ2) is 10.3. The standard InChI is InChI=1S/C27H26FN7O2/c1-2-23(37)34-13-3-4-19(15-34)35-27-24(26(29)31-16-32-27)25(33-35)18-8-5-17(6-9-18)7-10-22(36)20-11-12-30-14-21(20)28/h2,5-6,8-9,11-12,14,16,19H,1,3-4,7,10,13,15H2,(H2,29,31,32)/t19-/m1/s1. The van der Waals surface area contributed by atoms with Gasteiger partial charge in [0.15, 0.2) is 17.2 Å². The molecule has 1 aliphatic heterocycles. The molecule has 5 rings (SSSR count). The molecule has 4 heterocycles. The molecule has 1 atom stereocenters. The Kier molecular flexibility index (Phi) is 6.72. The molecule has 0 bridgehead atoms. The highest BCUT2D eigenvalue weighted by Gasteiger charge is 2.28. The van der Waals surface area contributed by atoms with Gasteiger partial charge in [-0.2, -0.15) is 5.10 Å². The van der Waals surface area contributed by atoms with Gasteiger partial charge in [-0.3, -0.25) is 14.6 Å². The average molecular weight is 500 g/mol. The number of Topliss-reactive ketones (excluding diaryl/α,β-unsaturated/α-hetero) is 1. The zero-order valence-corrected chi connectivity index (χ0v) is 20.2. The van der Waals surface area contributed by atoms with Gasteiger partial charge < -0.3 is 10.6 Å². The number of nitrogens with zero attached hydrogens (tertiary/aromatic N) is 6. The number of halogens is 1. The molecule has 0 aliphatic carbocycles. The summed E-state index contributed by atoms with van der Waals surface area (Å²) in [5, 5.41) is 5.54. The summed E-state index contributed by atoms with van der Waals surface area (Å²) >= 11 is 0. The lowest BCUT2D eigenvalue weighted by molar-refractivity contribution is -0.127. The van der Waals surface area contributed by atoms with Crippen molar-refractivity contribution in [2.75, 3.05) is 18.8 Å². The molecule has 0 radical (unpaired) electrons. The molecule has 1 saturated heterocycles. The number of rotatable bonds is 7. The predicted molar refractivity (Wildman–Crippen MR) is 137 cm³/mol. The van der Waals surface area contributed by atoms with Crippen LogP contribution in [0.2, 0.25) is 0 Å². The van der Waals surface area contributed by atoms with Gasteiger partial charge in [0.25, 0.3) is 0 Å². The van der Waals surface area contributed by atoms with E-state index in [2.05, 4.69) is 21.5 Å². The molecule has 0 unspecified atom stereocenters. The molecule has 1 amide bonds. The van der Waals surface area contributed by atoms with Crippen molar-refractivity contribution in [3.8, 4) is 11.3 Å². The van der Waals surface area contributed by atoms with Crippen LogP contribution in [0.1, 0.15) is 41.2 Å². The molecule has 0 spiro atoms. The Bertz CT molecular complexity index is 1480. The second-order valence-electron chi connectivity index (χ2n) is 9.01. The molecular formula is C27H26FN7O2. The minimum atomic E-state index is -0.611. The maximum absolute atomic E-state index is 13.8. The lowest BCUT2D eigenvalue weighted by Crippen LogP contribution is -2.40. The lowest BCUT2D eigenvalue weighted by atomic mass is 10.0. The average Bonchev–Trinajstić information content (AvgIpc) is 3.33. The number of aryl methyl sites for hydroxylation is 1. The molecule has 4 aromatic rings.